The van der Waals surface area contributed by atoms with E-state index in [0.717, 1.165) is 5.01 Å². The maximum atomic E-state index is 10.5. The Morgan fingerprint density at radius 1 is 1.47 bits per heavy atom. The van der Waals surface area contributed by atoms with Crippen molar-refractivity contribution in [1.29, 1.82) is 0 Å². The molecule has 0 aliphatic heterocycles. The maximum Gasteiger partial charge on any atom is 0.303 e. The Kier molecular flexibility index (Phi) is 3.00. The molecule has 8 heteroatoms. The van der Waals surface area contributed by atoms with E-state index in [-0.39, 0.29) is 6.42 Å². The zero-order valence-electron chi connectivity index (χ0n) is 9.81. The predicted octanol–water partition coefficient (Wildman–Crippen LogP) is 1.85. The van der Waals surface area contributed by atoms with Crippen LogP contribution in [0.1, 0.15) is 17.8 Å². The van der Waals surface area contributed by atoms with Crippen LogP contribution in [0.2, 0.25) is 0 Å². The fourth-order valence-corrected chi connectivity index (χ4v) is 2.58. The second-order valence-corrected chi connectivity index (χ2v) is 4.98. The summed E-state index contributed by atoms with van der Waals surface area (Å²) in [5, 5.41) is 21.9. The molecule has 0 atom stereocenters. The summed E-state index contributed by atoms with van der Waals surface area (Å²) in [6.07, 6.45) is 2.90. The molecule has 0 fully saturated rings. The van der Waals surface area contributed by atoms with Gasteiger partial charge >= 0.3 is 5.97 Å². The molecular formula is C11H10N4O3S. The van der Waals surface area contributed by atoms with Crippen LogP contribution in [0.25, 0.3) is 16.5 Å². The van der Waals surface area contributed by atoms with Crippen molar-refractivity contribution in [1.82, 2.24) is 19.8 Å². The van der Waals surface area contributed by atoms with Crippen molar-refractivity contribution in [3.05, 3.63) is 23.4 Å². The number of carboxylic acids is 1. The zero-order chi connectivity index (χ0) is 13.2. The highest BCUT2D eigenvalue weighted by Gasteiger charge is 2.15. The van der Waals surface area contributed by atoms with Gasteiger partial charge in [0.05, 0.1) is 6.26 Å². The number of furan rings is 1. The average Bonchev–Trinajstić information content (AvgIpc) is 3.01. The Hall–Kier alpha value is -2.22. The van der Waals surface area contributed by atoms with Crippen LogP contribution in [0.4, 0.5) is 0 Å². The molecule has 0 aromatic carbocycles. The molecule has 0 bridgehead atoms. The first-order valence-electron chi connectivity index (χ1n) is 5.71. The predicted molar refractivity (Wildman–Crippen MR) is 66.9 cm³/mol. The van der Waals surface area contributed by atoms with Crippen LogP contribution < -0.4 is 0 Å². The highest BCUT2D eigenvalue weighted by atomic mass is 32.1. The van der Waals surface area contributed by atoms with Crippen molar-refractivity contribution in [2.75, 3.05) is 0 Å². The molecule has 7 nitrogen and oxygen atoms in total. The Bertz CT molecular complexity index is 701. The lowest BCUT2D eigenvalue weighted by Crippen LogP contribution is -1.96. The lowest BCUT2D eigenvalue weighted by atomic mass is 10.2. The average molecular weight is 278 g/mol. The molecule has 0 radical (unpaired) electrons. The fraction of sp³-hybridized carbons (Fsp3) is 0.273. The molecule has 1 N–H and O–H groups in total. The largest absolute Gasteiger partial charge is 0.481 e. The number of aliphatic carboxylic acids is 1. The van der Waals surface area contributed by atoms with E-state index in [1.165, 1.54) is 11.3 Å². The highest BCUT2D eigenvalue weighted by Crippen LogP contribution is 2.22. The molecule has 0 saturated heterocycles. The van der Waals surface area contributed by atoms with Gasteiger partial charge in [0.25, 0.3) is 0 Å². The van der Waals surface area contributed by atoms with Gasteiger partial charge in [-0.15, -0.1) is 10.2 Å². The Morgan fingerprint density at radius 3 is 3.11 bits per heavy atom. The van der Waals surface area contributed by atoms with Crippen LogP contribution >= 0.6 is 11.3 Å². The number of fused-ring (bicyclic) bond motifs is 1. The van der Waals surface area contributed by atoms with E-state index >= 15 is 0 Å². The van der Waals surface area contributed by atoms with Crippen molar-refractivity contribution in [2.24, 2.45) is 0 Å². The van der Waals surface area contributed by atoms with Gasteiger partial charge in [-0.3, -0.25) is 4.79 Å². The molecule has 0 spiro atoms. The molecule has 98 valence electrons. The fourth-order valence-electron chi connectivity index (χ4n) is 1.71. The van der Waals surface area contributed by atoms with E-state index in [2.05, 4.69) is 15.3 Å². The molecule has 3 aromatic rings. The molecule has 0 amide bonds. The first-order chi connectivity index (χ1) is 9.24. The summed E-state index contributed by atoms with van der Waals surface area (Å²) in [5.41, 5.74) is 0. The van der Waals surface area contributed by atoms with Gasteiger partial charge in [-0.2, -0.15) is 9.61 Å². The summed E-state index contributed by atoms with van der Waals surface area (Å²) in [4.78, 5) is 11.1. The quantitative estimate of drug-likeness (QED) is 0.765. The minimum absolute atomic E-state index is 0.144. The highest BCUT2D eigenvalue weighted by molar-refractivity contribution is 7.16. The van der Waals surface area contributed by atoms with E-state index in [1.807, 2.05) is 0 Å². The lowest BCUT2D eigenvalue weighted by Gasteiger charge is -1.93. The number of carboxylic acid groups (broad SMARTS) is 1. The third kappa shape index (κ3) is 2.34. The van der Waals surface area contributed by atoms with E-state index in [1.54, 1.807) is 22.9 Å². The van der Waals surface area contributed by atoms with E-state index < -0.39 is 5.97 Å². The molecule has 3 aromatic heterocycles. The molecule has 0 aliphatic rings. The summed E-state index contributed by atoms with van der Waals surface area (Å²) in [6.45, 7) is 0. The van der Waals surface area contributed by atoms with Crippen molar-refractivity contribution >= 4 is 22.3 Å². The van der Waals surface area contributed by atoms with Crippen LogP contribution in [0.15, 0.2) is 22.8 Å². The summed E-state index contributed by atoms with van der Waals surface area (Å²) in [7, 11) is 0. The van der Waals surface area contributed by atoms with Crippen LogP contribution in [0.3, 0.4) is 0 Å². The minimum atomic E-state index is -0.792. The minimum Gasteiger partial charge on any atom is -0.481 e. The number of nitrogens with zero attached hydrogens (tertiary/aromatic N) is 4. The second-order valence-electron chi connectivity index (χ2n) is 3.94. The summed E-state index contributed by atoms with van der Waals surface area (Å²) in [6, 6.07) is 3.57. The second kappa shape index (κ2) is 4.81. The SMILES string of the molecule is O=C(O)CCCc1nn2c(-c3ccco3)nnc2s1. The number of aromatic nitrogens is 4. The Balaban J connectivity index is 1.84. The number of hydrogen-bond acceptors (Lipinski definition) is 6. The van der Waals surface area contributed by atoms with Crippen molar-refractivity contribution in [2.45, 2.75) is 19.3 Å². The monoisotopic (exact) mass is 278 g/mol. The van der Waals surface area contributed by atoms with Gasteiger partial charge in [-0.1, -0.05) is 11.3 Å². The first-order valence-corrected chi connectivity index (χ1v) is 6.52. The molecule has 0 unspecified atom stereocenters. The summed E-state index contributed by atoms with van der Waals surface area (Å²) < 4.78 is 6.90. The normalized spacial score (nSPS) is 11.2. The number of rotatable bonds is 5. The first kappa shape index (κ1) is 11.8. The van der Waals surface area contributed by atoms with Gasteiger partial charge in [-0.25, -0.2) is 0 Å². The van der Waals surface area contributed by atoms with Crippen molar-refractivity contribution in [3.8, 4) is 11.6 Å². The molecule has 3 heterocycles. The van der Waals surface area contributed by atoms with Gasteiger partial charge in [0, 0.05) is 12.8 Å². The standard InChI is InChI=1S/C11H10N4O3S/c16-9(17)5-1-4-8-14-15-10(7-3-2-6-18-7)12-13-11(15)19-8/h2-3,6H,1,4-5H2,(H,16,17). The molecule has 3 rings (SSSR count). The van der Waals surface area contributed by atoms with Gasteiger partial charge in [0.1, 0.15) is 5.01 Å². The summed E-state index contributed by atoms with van der Waals surface area (Å²) in [5.74, 6) is 0.370. The third-order valence-electron chi connectivity index (χ3n) is 2.56. The molecule has 0 aliphatic carbocycles. The molecule has 0 saturated carbocycles. The van der Waals surface area contributed by atoms with Crippen LogP contribution in [-0.2, 0) is 11.2 Å². The number of aryl methyl sites for hydroxylation is 1. The van der Waals surface area contributed by atoms with Gasteiger partial charge in [-0.05, 0) is 18.6 Å². The number of hydrogen-bond donors (Lipinski definition) is 1. The Labute approximate surface area is 111 Å². The topological polar surface area (TPSA) is 93.5 Å². The maximum absolute atomic E-state index is 10.5. The van der Waals surface area contributed by atoms with Crippen LogP contribution in [0.5, 0.6) is 0 Å². The van der Waals surface area contributed by atoms with Crippen molar-refractivity contribution in [3.63, 3.8) is 0 Å². The van der Waals surface area contributed by atoms with E-state index in [9.17, 15) is 4.79 Å². The van der Waals surface area contributed by atoms with Gasteiger partial charge in [0.2, 0.25) is 10.8 Å². The smallest absolute Gasteiger partial charge is 0.303 e. The lowest BCUT2D eigenvalue weighted by molar-refractivity contribution is -0.137. The van der Waals surface area contributed by atoms with Crippen LogP contribution in [0, 0.1) is 0 Å². The van der Waals surface area contributed by atoms with E-state index in [0.29, 0.717) is 29.4 Å². The zero-order valence-corrected chi connectivity index (χ0v) is 10.6. The van der Waals surface area contributed by atoms with Crippen LogP contribution in [-0.4, -0.2) is 30.9 Å². The third-order valence-corrected chi connectivity index (χ3v) is 3.51. The molecular weight excluding hydrogens is 268 g/mol. The Morgan fingerprint density at radius 2 is 2.37 bits per heavy atom. The van der Waals surface area contributed by atoms with Gasteiger partial charge in [0.15, 0.2) is 5.76 Å². The van der Waals surface area contributed by atoms with Crippen molar-refractivity contribution < 1.29 is 14.3 Å². The van der Waals surface area contributed by atoms with Gasteiger partial charge < -0.3 is 9.52 Å². The number of carbonyl (C=O) groups is 1. The summed E-state index contributed by atoms with van der Waals surface area (Å²) >= 11 is 1.41. The van der Waals surface area contributed by atoms with E-state index in [4.69, 9.17) is 9.52 Å². The molecule has 19 heavy (non-hydrogen) atoms.